The van der Waals surface area contributed by atoms with Crippen LogP contribution in [0.2, 0.25) is 0 Å². The predicted octanol–water partition coefficient (Wildman–Crippen LogP) is 2.54. The molecule has 1 atom stereocenters. The van der Waals surface area contributed by atoms with Crippen molar-refractivity contribution < 1.29 is 0 Å². The van der Waals surface area contributed by atoms with Crippen LogP contribution >= 0.6 is 11.8 Å². The lowest BCUT2D eigenvalue weighted by Gasteiger charge is -2.28. The van der Waals surface area contributed by atoms with Crippen LogP contribution in [-0.4, -0.2) is 18.3 Å². The van der Waals surface area contributed by atoms with Gasteiger partial charge in [0.15, 0.2) is 0 Å². The summed E-state index contributed by atoms with van der Waals surface area (Å²) in [4.78, 5) is 1.39. The summed E-state index contributed by atoms with van der Waals surface area (Å²) in [7, 11) is 0. The highest BCUT2D eigenvalue weighted by Gasteiger charge is 2.19. The minimum absolute atomic E-state index is 0.536. The van der Waals surface area contributed by atoms with Crippen LogP contribution in [0, 0.1) is 13.8 Å². The van der Waals surface area contributed by atoms with Crippen molar-refractivity contribution >= 4 is 17.4 Å². The fraction of sp³-hybridized carbons (Fsp3) is 0.500. The van der Waals surface area contributed by atoms with E-state index in [0.717, 1.165) is 18.7 Å². The molecule has 0 amide bonds. The van der Waals surface area contributed by atoms with Crippen molar-refractivity contribution in [1.82, 2.24) is 0 Å². The van der Waals surface area contributed by atoms with Gasteiger partial charge in [-0.2, -0.15) is 0 Å². The van der Waals surface area contributed by atoms with E-state index in [1.54, 1.807) is 0 Å². The zero-order valence-corrected chi connectivity index (χ0v) is 10.2. The average molecular weight is 222 g/mol. The zero-order chi connectivity index (χ0) is 10.8. The molecular formula is C12H18N2S. The second-order valence-corrected chi connectivity index (χ2v) is 5.25. The molecule has 0 bridgehead atoms. The average Bonchev–Trinajstić information content (AvgIpc) is 2.19. The molecule has 3 N–H and O–H groups in total. The van der Waals surface area contributed by atoms with Gasteiger partial charge in [-0.1, -0.05) is 6.07 Å². The number of hydrogen-bond acceptors (Lipinski definition) is 3. The van der Waals surface area contributed by atoms with Gasteiger partial charge in [0.25, 0.3) is 0 Å². The molecule has 0 saturated carbocycles. The van der Waals surface area contributed by atoms with Crippen LogP contribution in [0.25, 0.3) is 0 Å². The second kappa shape index (κ2) is 4.45. The first-order chi connectivity index (χ1) is 7.20. The third-order valence-electron chi connectivity index (χ3n) is 2.75. The summed E-state index contributed by atoms with van der Waals surface area (Å²) in [5.41, 5.74) is 9.60. The van der Waals surface area contributed by atoms with Gasteiger partial charge in [-0.25, -0.2) is 0 Å². The van der Waals surface area contributed by atoms with Crippen molar-refractivity contribution in [3.8, 4) is 0 Å². The largest absolute Gasteiger partial charge is 0.380 e. The Balaban J connectivity index is 2.25. The van der Waals surface area contributed by atoms with Crippen LogP contribution in [0.3, 0.4) is 0 Å². The summed E-state index contributed by atoms with van der Waals surface area (Å²) in [6, 6.07) is 5.03. The lowest BCUT2D eigenvalue weighted by Crippen LogP contribution is -2.29. The zero-order valence-electron chi connectivity index (χ0n) is 9.34. The molecule has 1 unspecified atom stereocenters. The number of nitrogens with two attached hydrogens (primary N) is 1. The fourth-order valence-corrected chi connectivity index (χ4v) is 3.28. The van der Waals surface area contributed by atoms with E-state index in [9.17, 15) is 0 Å². The van der Waals surface area contributed by atoms with E-state index in [4.69, 9.17) is 5.73 Å². The van der Waals surface area contributed by atoms with Gasteiger partial charge in [0, 0.05) is 16.7 Å². The van der Waals surface area contributed by atoms with E-state index in [2.05, 4.69) is 31.3 Å². The molecule has 0 radical (unpaired) electrons. The highest BCUT2D eigenvalue weighted by molar-refractivity contribution is 7.99. The van der Waals surface area contributed by atoms with Gasteiger partial charge >= 0.3 is 0 Å². The van der Waals surface area contributed by atoms with Crippen molar-refractivity contribution in [3.63, 3.8) is 0 Å². The first-order valence-corrected chi connectivity index (χ1v) is 6.40. The number of nitrogens with one attached hydrogen (secondary N) is 1. The predicted molar refractivity (Wildman–Crippen MR) is 67.7 cm³/mol. The smallest absolute Gasteiger partial charge is 0.0510 e. The number of hydrogen-bond donors (Lipinski definition) is 2. The second-order valence-electron chi connectivity index (χ2n) is 4.18. The lowest BCUT2D eigenvalue weighted by molar-refractivity contribution is 0.717. The standard InChI is InChI=1S/C12H18N2S/c1-8-5-9(2)12-11(6-8)15-7-10(14-12)3-4-13/h5-6,10,14H,3-4,7,13H2,1-2H3. The summed E-state index contributed by atoms with van der Waals surface area (Å²) in [6.07, 6.45) is 1.06. The van der Waals surface area contributed by atoms with E-state index >= 15 is 0 Å². The molecule has 1 aromatic rings. The number of thioether (sulfide) groups is 1. The third kappa shape index (κ3) is 2.29. The van der Waals surface area contributed by atoms with E-state index in [0.29, 0.717) is 6.04 Å². The summed E-state index contributed by atoms with van der Waals surface area (Å²) in [5.74, 6) is 1.13. The van der Waals surface area contributed by atoms with Crippen LogP contribution in [-0.2, 0) is 0 Å². The van der Waals surface area contributed by atoms with Crippen LogP contribution in [0.15, 0.2) is 17.0 Å². The maximum absolute atomic E-state index is 5.59. The topological polar surface area (TPSA) is 38.0 Å². The van der Waals surface area contributed by atoms with E-state index in [1.807, 2.05) is 11.8 Å². The molecule has 2 nitrogen and oxygen atoms in total. The summed E-state index contributed by atoms with van der Waals surface area (Å²) in [6.45, 7) is 5.09. The third-order valence-corrected chi connectivity index (χ3v) is 3.95. The molecule has 3 heteroatoms. The van der Waals surface area contributed by atoms with E-state index < -0.39 is 0 Å². The minimum atomic E-state index is 0.536. The molecule has 0 aromatic heterocycles. The maximum atomic E-state index is 5.59. The van der Waals surface area contributed by atoms with E-state index in [1.165, 1.54) is 21.7 Å². The molecule has 0 spiro atoms. The fourth-order valence-electron chi connectivity index (χ4n) is 2.02. The lowest BCUT2D eigenvalue weighted by atomic mass is 10.1. The van der Waals surface area contributed by atoms with Gasteiger partial charge < -0.3 is 11.1 Å². The van der Waals surface area contributed by atoms with E-state index in [-0.39, 0.29) is 0 Å². The van der Waals surface area contributed by atoms with Crippen molar-refractivity contribution in [2.24, 2.45) is 5.73 Å². The summed E-state index contributed by atoms with van der Waals surface area (Å²) < 4.78 is 0. The van der Waals surface area contributed by atoms with Crippen molar-refractivity contribution in [2.75, 3.05) is 17.6 Å². The van der Waals surface area contributed by atoms with Gasteiger partial charge in [0.05, 0.1) is 5.69 Å². The Morgan fingerprint density at radius 3 is 3.00 bits per heavy atom. The monoisotopic (exact) mass is 222 g/mol. The summed E-state index contributed by atoms with van der Waals surface area (Å²) in [5, 5.41) is 3.59. The number of aryl methyl sites for hydroxylation is 2. The van der Waals surface area contributed by atoms with Crippen LogP contribution < -0.4 is 11.1 Å². The molecule has 2 rings (SSSR count). The molecule has 1 aliphatic rings. The van der Waals surface area contributed by atoms with Crippen molar-refractivity contribution in [3.05, 3.63) is 23.3 Å². The number of rotatable bonds is 2. The number of fused-ring (bicyclic) bond motifs is 1. The van der Waals surface area contributed by atoms with Crippen molar-refractivity contribution in [1.29, 1.82) is 0 Å². The molecule has 1 aromatic carbocycles. The SMILES string of the molecule is Cc1cc(C)c2c(c1)SCC(CCN)N2. The van der Waals surface area contributed by atoms with Gasteiger partial charge in [-0.15, -0.1) is 11.8 Å². The molecule has 15 heavy (non-hydrogen) atoms. The number of benzene rings is 1. The highest BCUT2D eigenvalue weighted by Crippen LogP contribution is 2.36. The first kappa shape index (κ1) is 10.8. The van der Waals surface area contributed by atoms with Gasteiger partial charge in [-0.3, -0.25) is 0 Å². The molecule has 1 heterocycles. The van der Waals surface area contributed by atoms with Crippen LogP contribution in [0.1, 0.15) is 17.5 Å². The Labute approximate surface area is 95.6 Å². The first-order valence-electron chi connectivity index (χ1n) is 5.41. The Hall–Kier alpha value is -0.670. The maximum Gasteiger partial charge on any atom is 0.0510 e. The molecule has 0 saturated heterocycles. The molecule has 82 valence electrons. The Kier molecular flexibility index (Phi) is 3.22. The van der Waals surface area contributed by atoms with Crippen LogP contribution in [0.5, 0.6) is 0 Å². The molecule has 1 aliphatic heterocycles. The minimum Gasteiger partial charge on any atom is -0.380 e. The van der Waals surface area contributed by atoms with Gasteiger partial charge in [0.1, 0.15) is 0 Å². The highest BCUT2D eigenvalue weighted by atomic mass is 32.2. The summed E-state index contributed by atoms with van der Waals surface area (Å²) >= 11 is 1.95. The normalized spacial score (nSPS) is 19.5. The van der Waals surface area contributed by atoms with Gasteiger partial charge in [-0.05, 0) is 44.0 Å². The Morgan fingerprint density at radius 1 is 1.47 bits per heavy atom. The quantitative estimate of drug-likeness (QED) is 0.807. The van der Waals surface area contributed by atoms with Gasteiger partial charge in [0.2, 0.25) is 0 Å². The van der Waals surface area contributed by atoms with Crippen molar-refractivity contribution in [2.45, 2.75) is 31.2 Å². The Bertz CT molecular complexity index is 363. The number of anilines is 1. The molecule has 0 fully saturated rings. The van der Waals surface area contributed by atoms with Crippen LogP contribution in [0.4, 0.5) is 5.69 Å². The molecule has 0 aliphatic carbocycles. The molecular weight excluding hydrogens is 204 g/mol. The Morgan fingerprint density at radius 2 is 2.27 bits per heavy atom.